The molecular formula is C14H21NO3. The van der Waals surface area contributed by atoms with Crippen LogP contribution in [-0.2, 0) is 11.3 Å². The summed E-state index contributed by atoms with van der Waals surface area (Å²) in [5.74, 6) is 0. The van der Waals surface area contributed by atoms with Crippen LogP contribution in [0.3, 0.4) is 0 Å². The van der Waals surface area contributed by atoms with Gasteiger partial charge in [0.05, 0.1) is 12.1 Å². The molecule has 100 valence electrons. The highest BCUT2D eigenvalue weighted by atomic mass is 16.6. The number of carbonyl (C=O) groups excluding carboxylic acids is 1. The summed E-state index contributed by atoms with van der Waals surface area (Å²) in [5.41, 5.74) is 0.0343. The molecule has 0 radical (unpaired) electrons. The second-order valence-electron chi connectivity index (χ2n) is 4.87. The number of nitrogens with zero attached hydrogens (tertiary/aromatic N) is 1. The molecule has 1 amide bonds. The number of hydrogen-bond acceptors (Lipinski definition) is 3. The molecule has 18 heavy (non-hydrogen) atoms. The molecule has 0 aromatic heterocycles. The fraction of sp³-hybridized carbons (Fsp3) is 0.500. The molecule has 0 unspecified atom stereocenters. The third-order valence-electron chi connectivity index (χ3n) is 2.42. The molecule has 1 aromatic carbocycles. The number of rotatable bonds is 5. The lowest BCUT2D eigenvalue weighted by Gasteiger charge is -2.27. The predicted molar refractivity (Wildman–Crippen MR) is 70.2 cm³/mol. The van der Waals surface area contributed by atoms with Gasteiger partial charge in [0.2, 0.25) is 0 Å². The molecule has 1 rings (SSSR count). The Bertz CT molecular complexity index is 370. The van der Waals surface area contributed by atoms with Crippen LogP contribution in [0.1, 0.15) is 26.3 Å². The van der Waals surface area contributed by atoms with E-state index in [1.54, 1.807) is 13.8 Å². The summed E-state index contributed by atoms with van der Waals surface area (Å²) < 4.78 is 5.20. The molecule has 1 N–H and O–H groups in total. The number of hydrogen-bond donors (Lipinski definition) is 1. The predicted octanol–water partition coefficient (Wildman–Crippen LogP) is 2.42. The van der Waals surface area contributed by atoms with Gasteiger partial charge in [-0.15, -0.1) is 0 Å². The van der Waals surface area contributed by atoms with Gasteiger partial charge in [0.1, 0.15) is 6.61 Å². The lowest BCUT2D eigenvalue weighted by molar-refractivity contribution is 0.0276. The van der Waals surface area contributed by atoms with Crippen LogP contribution in [-0.4, -0.2) is 34.8 Å². The molecule has 0 aliphatic carbocycles. The van der Waals surface area contributed by atoms with E-state index in [4.69, 9.17) is 4.74 Å². The van der Waals surface area contributed by atoms with E-state index in [1.807, 2.05) is 37.3 Å². The van der Waals surface area contributed by atoms with Crippen molar-refractivity contribution in [1.82, 2.24) is 4.90 Å². The molecule has 0 fully saturated rings. The molecule has 0 saturated heterocycles. The van der Waals surface area contributed by atoms with Gasteiger partial charge in [-0.25, -0.2) is 4.79 Å². The van der Waals surface area contributed by atoms with Crippen molar-refractivity contribution in [2.24, 2.45) is 0 Å². The molecule has 4 nitrogen and oxygen atoms in total. The Morgan fingerprint density at radius 2 is 1.94 bits per heavy atom. The van der Waals surface area contributed by atoms with Crippen LogP contribution in [0.2, 0.25) is 0 Å². The van der Waals surface area contributed by atoms with Crippen molar-refractivity contribution in [3.63, 3.8) is 0 Å². The van der Waals surface area contributed by atoms with Crippen LogP contribution < -0.4 is 0 Å². The van der Waals surface area contributed by atoms with Crippen molar-refractivity contribution in [2.75, 3.05) is 13.1 Å². The van der Waals surface area contributed by atoms with E-state index in [0.717, 1.165) is 5.56 Å². The van der Waals surface area contributed by atoms with Crippen molar-refractivity contribution < 1.29 is 14.6 Å². The summed E-state index contributed by atoms with van der Waals surface area (Å²) in [7, 11) is 0. The van der Waals surface area contributed by atoms with Gasteiger partial charge in [-0.1, -0.05) is 30.3 Å². The van der Waals surface area contributed by atoms with E-state index in [2.05, 4.69) is 0 Å². The Labute approximate surface area is 108 Å². The Balaban J connectivity index is 2.48. The molecule has 0 aliphatic heterocycles. The molecule has 0 saturated carbocycles. The van der Waals surface area contributed by atoms with Gasteiger partial charge in [0.25, 0.3) is 0 Å². The van der Waals surface area contributed by atoms with Crippen molar-refractivity contribution in [1.29, 1.82) is 0 Å². The zero-order chi connectivity index (χ0) is 13.6. The van der Waals surface area contributed by atoms with E-state index in [0.29, 0.717) is 6.54 Å². The van der Waals surface area contributed by atoms with Gasteiger partial charge in [-0.2, -0.15) is 0 Å². The second kappa shape index (κ2) is 6.40. The zero-order valence-electron chi connectivity index (χ0n) is 11.2. The molecular weight excluding hydrogens is 230 g/mol. The first kappa shape index (κ1) is 14.5. The lowest BCUT2D eigenvalue weighted by atomic mass is 10.1. The molecule has 1 aromatic rings. The number of ether oxygens (including phenoxy) is 1. The lowest BCUT2D eigenvalue weighted by Crippen LogP contribution is -2.42. The van der Waals surface area contributed by atoms with Crippen molar-refractivity contribution in [2.45, 2.75) is 33.0 Å². The maximum atomic E-state index is 11.8. The Hall–Kier alpha value is -1.55. The van der Waals surface area contributed by atoms with Gasteiger partial charge in [0, 0.05) is 6.54 Å². The van der Waals surface area contributed by atoms with E-state index >= 15 is 0 Å². The topological polar surface area (TPSA) is 49.8 Å². The zero-order valence-corrected chi connectivity index (χ0v) is 11.2. The fourth-order valence-electron chi connectivity index (χ4n) is 1.58. The molecule has 0 spiro atoms. The number of likely N-dealkylation sites (N-methyl/N-ethyl adjacent to an activating group) is 1. The molecule has 0 heterocycles. The van der Waals surface area contributed by atoms with E-state index < -0.39 is 11.7 Å². The number of aliphatic hydroxyl groups is 1. The minimum Gasteiger partial charge on any atom is -0.445 e. The van der Waals surface area contributed by atoms with Crippen LogP contribution in [0.5, 0.6) is 0 Å². The first-order valence-corrected chi connectivity index (χ1v) is 6.10. The van der Waals surface area contributed by atoms with Crippen LogP contribution in [0, 0.1) is 0 Å². The fourth-order valence-corrected chi connectivity index (χ4v) is 1.58. The Morgan fingerprint density at radius 1 is 1.33 bits per heavy atom. The van der Waals surface area contributed by atoms with Crippen LogP contribution in [0.15, 0.2) is 30.3 Å². The summed E-state index contributed by atoms with van der Waals surface area (Å²) in [6.07, 6.45) is -0.400. The summed E-state index contributed by atoms with van der Waals surface area (Å²) >= 11 is 0. The quantitative estimate of drug-likeness (QED) is 0.874. The molecule has 4 heteroatoms. The summed E-state index contributed by atoms with van der Waals surface area (Å²) in [5, 5.41) is 9.70. The van der Waals surface area contributed by atoms with E-state index in [1.165, 1.54) is 4.90 Å². The number of amides is 1. The van der Waals surface area contributed by atoms with E-state index in [-0.39, 0.29) is 13.2 Å². The standard InChI is InChI=1S/C14H21NO3/c1-4-15(11-14(2,3)17)13(16)18-10-12-8-6-5-7-9-12/h5-9,17H,4,10-11H2,1-3H3. The second-order valence-corrected chi connectivity index (χ2v) is 4.87. The largest absolute Gasteiger partial charge is 0.445 e. The highest BCUT2D eigenvalue weighted by Crippen LogP contribution is 2.08. The van der Waals surface area contributed by atoms with Gasteiger partial charge >= 0.3 is 6.09 Å². The van der Waals surface area contributed by atoms with Crippen LogP contribution >= 0.6 is 0 Å². The van der Waals surface area contributed by atoms with Gasteiger partial charge < -0.3 is 14.7 Å². The minimum atomic E-state index is -0.915. The van der Waals surface area contributed by atoms with Crippen molar-refractivity contribution >= 4 is 6.09 Å². The Morgan fingerprint density at radius 3 is 2.44 bits per heavy atom. The smallest absolute Gasteiger partial charge is 0.410 e. The van der Waals surface area contributed by atoms with Gasteiger partial charge in [-0.3, -0.25) is 0 Å². The average Bonchev–Trinajstić information content (AvgIpc) is 2.33. The van der Waals surface area contributed by atoms with Gasteiger partial charge in [-0.05, 0) is 26.3 Å². The maximum absolute atomic E-state index is 11.8. The minimum absolute atomic E-state index is 0.252. The van der Waals surface area contributed by atoms with Crippen molar-refractivity contribution in [3.8, 4) is 0 Å². The maximum Gasteiger partial charge on any atom is 0.410 e. The summed E-state index contributed by atoms with van der Waals surface area (Å²) in [4.78, 5) is 13.3. The van der Waals surface area contributed by atoms with Crippen LogP contribution in [0.4, 0.5) is 4.79 Å². The molecule has 0 bridgehead atoms. The molecule has 0 aliphatic rings. The average molecular weight is 251 g/mol. The van der Waals surface area contributed by atoms with Gasteiger partial charge in [0.15, 0.2) is 0 Å². The highest BCUT2D eigenvalue weighted by molar-refractivity contribution is 5.67. The SMILES string of the molecule is CCN(CC(C)(C)O)C(=O)OCc1ccccc1. The third kappa shape index (κ3) is 5.19. The Kier molecular flexibility index (Phi) is 5.16. The van der Waals surface area contributed by atoms with Crippen molar-refractivity contribution in [3.05, 3.63) is 35.9 Å². The first-order chi connectivity index (χ1) is 8.42. The number of benzene rings is 1. The third-order valence-corrected chi connectivity index (χ3v) is 2.42. The summed E-state index contributed by atoms with van der Waals surface area (Å²) in [6, 6.07) is 9.52. The monoisotopic (exact) mass is 251 g/mol. The first-order valence-electron chi connectivity index (χ1n) is 6.10. The highest BCUT2D eigenvalue weighted by Gasteiger charge is 2.22. The number of carbonyl (C=O) groups is 1. The molecule has 0 atom stereocenters. The van der Waals surface area contributed by atoms with E-state index in [9.17, 15) is 9.90 Å². The normalized spacial score (nSPS) is 11.1. The summed E-state index contributed by atoms with van der Waals surface area (Å²) in [6.45, 7) is 6.21. The van der Waals surface area contributed by atoms with Crippen LogP contribution in [0.25, 0.3) is 0 Å².